The number of benzene rings is 1. The number of hydrogen-bond donors (Lipinski definition) is 0. The summed E-state index contributed by atoms with van der Waals surface area (Å²) >= 11 is 3.26. The minimum Gasteiger partial charge on any atom is -0.139 e. The maximum absolute atomic E-state index is 12.7. The highest BCUT2D eigenvalue weighted by atomic mass is 79.9. The van der Waals surface area contributed by atoms with Gasteiger partial charge in [-0.25, -0.2) is 0 Å². The van der Waals surface area contributed by atoms with Crippen molar-refractivity contribution < 1.29 is 4.48 Å². The molecule has 55 valence electrons. The minimum absolute atomic E-state index is 0.306. The van der Waals surface area contributed by atoms with E-state index in [0.717, 1.165) is 4.47 Å². The number of hydrogen-bond acceptors (Lipinski definition) is 1. The van der Waals surface area contributed by atoms with Crippen LogP contribution in [0.25, 0.3) is 10.9 Å². The maximum atomic E-state index is 12.7. The van der Waals surface area contributed by atoms with Gasteiger partial charge in [-0.3, -0.25) is 0 Å². The number of nitrogens with zero attached hydrogens (tertiary/aromatic N) is 2. The third kappa shape index (κ3) is 0.939. The highest BCUT2D eigenvalue weighted by molar-refractivity contribution is 9.10. The van der Waals surface area contributed by atoms with Crippen LogP contribution in [0.4, 0.5) is 4.48 Å². The molecule has 2 aromatic rings. The van der Waals surface area contributed by atoms with Crippen LogP contribution in [0.5, 0.6) is 0 Å². The van der Waals surface area contributed by atoms with Crippen LogP contribution in [-0.2, 0) is 0 Å². The molecule has 1 heterocycles. The highest BCUT2D eigenvalue weighted by Crippen LogP contribution is 2.22. The molecule has 2 rings (SSSR count). The molecule has 1 radical (unpaired) electrons. The van der Waals surface area contributed by atoms with Crippen molar-refractivity contribution >= 4 is 26.8 Å². The fourth-order valence-electron chi connectivity index (χ4n) is 0.925. The third-order valence-electron chi connectivity index (χ3n) is 1.44. The van der Waals surface area contributed by atoms with Gasteiger partial charge in [-0.1, -0.05) is 31.4 Å². The molecule has 1 aromatic carbocycles. The molecule has 0 amide bonds. The lowest BCUT2D eigenvalue weighted by molar-refractivity contribution is 0.332. The molecular formula is C7H3BrFN2. The second kappa shape index (κ2) is 2.30. The Morgan fingerprint density at radius 2 is 2.36 bits per heavy atom. The van der Waals surface area contributed by atoms with Crippen molar-refractivity contribution in [2.75, 3.05) is 0 Å². The number of aromatic nitrogens is 2. The Balaban J connectivity index is 2.94. The van der Waals surface area contributed by atoms with Gasteiger partial charge in [-0.15, -0.1) is 5.10 Å². The molecule has 0 spiro atoms. The Morgan fingerprint density at radius 3 is 3.09 bits per heavy atom. The SMILES string of the molecule is Fn1n[c]c2c(Br)cccc21. The Morgan fingerprint density at radius 1 is 1.55 bits per heavy atom. The maximum Gasteiger partial charge on any atom is 0.125 e. The van der Waals surface area contributed by atoms with Crippen molar-refractivity contribution in [1.29, 1.82) is 0 Å². The molecule has 4 heteroatoms. The van der Waals surface area contributed by atoms with Gasteiger partial charge in [0, 0.05) is 9.86 Å². The molecule has 0 atom stereocenters. The van der Waals surface area contributed by atoms with E-state index in [9.17, 15) is 4.48 Å². The summed E-state index contributed by atoms with van der Waals surface area (Å²) in [6.45, 7) is 0. The van der Waals surface area contributed by atoms with E-state index in [4.69, 9.17) is 0 Å². The van der Waals surface area contributed by atoms with E-state index in [1.807, 2.05) is 6.07 Å². The van der Waals surface area contributed by atoms with Gasteiger partial charge in [0.15, 0.2) is 0 Å². The van der Waals surface area contributed by atoms with Gasteiger partial charge in [0.05, 0.1) is 0 Å². The van der Waals surface area contributed by atoms with Gasteiger partial charge >= 0.3 is 0 Å². The summed E-state index contributed by atoms with van der Waals surface area (Å²) in [5, 5.41) is 4.01. The molecule has 0 aliphatic rings. The van der Waals surface area contributed by atoms with Gasteiger partial charge in [0.25, 0.3) is 0 Å². The van der Waals surface area contributed by atoms with Crippen LogP contribution < -0.4 is 0 Å². The van der Waals surface area contributed by atoms with Crippen molar-refractivity contribution in [3.8, 4) is 0 Å². The highest BCUT2D eigenvalue weighted by Gasteiger charge is 2.03. The summed E-state index contributed by atoms with van der Waals surface area (Å²) in [5.41, 5.74) is 0.430. The zero-order valence-electron chi connectivity index (χ0n) is 5.38. The molecule has 1 aromatic heterocycles. The normalized spacial score (nSPS) is 10.7. The number of halogens is 2. The predicted octanol–water partition coefficient (Wildman–Crippen LogP) is 2.33. The Hall–Kier alpha value is -0.900. The predicted molar refractivity (Wildman–Crippen MR) is 42.8 cm³/mol. The molecule has 0 bridgehead atoms. The van der Waals surface area contributed by atoms with Crippen molar-refractivity contribution in [1.82, 2.24) is 10.0 Å². The van der Waals surface area contributed by atoms with E-state index >= 15 is 0 Å². The van der Waals surface area contributed by atoms with Crippen LogP contribution in [0.3, 0.4) is 0 Å². The monoisotopic (exact) mass is 213 g/mol. The zero-order chi connectivity index (χ0) is 7.84. The molecule has 0 aliphatic heterocycles. The first kappa shape index (κ1) is 6.79. The third-order valence-corrected chi connectivity index (χ3v) is 2.10. The van der Waals surface area contributed by atoms with Crippen LogP contribution in [0.2, 0.25) is 0 Å². The van der Waals surface area contributed by atoms with Crippen molar-refractivity contribution in [3.05, 3.63) is 28.9 Å². The van der Waals surface area contributed by atoms with Crippen LogP contribution in [0, 0.1) is 6.20 Å². The summed E-state index contributed by atoms with van der Waals surface area (Å²) in [7, 11) is 0. The number of fused-ring (bicyclic) bond motifs is 1. The lowest BCUT2D eigenvalue weighted by Gasteiger charge is -1.90. The van der Waals surface area contributed by atoms with Crippen molar-refractivity contribution in [2.45, 2.75) is 0 Å². The van der Waals surface area contributed by atoms with E-state index in [2.05, 4.69) is 27.2 Å². The lowest BCUT2D eigenvalue weighted by Crippen LogP contribution is -1.81. The van der Waals surface area contributed by atoms with Crippen LogP contribution in [-0.4, -0.2) is 10.0 Å². The molecule has 0 unspecified atom stereocenters. The Kier molecular flexibility index (Phi) is 1.42. The Bertz CT molecular complexity index is 396. The fourth-order valence-corrected chi connectivity index (χ4v) is 1.37. The lowest BCUT2D eigenvalue weighted by atomic mass is 10.3. The first-order valence-electron chi connectivity index (χ1n) is 3.00. The molecule has 0 aliphatic carbocycles. The van der Waals surface area contributed by atoms with E-state index in [1.165, 1.54) is 0 Å². The number of rotatable bonds is 0. The summed E-state index contributed by atoms with van der Waals surface area (Å²) in [5.74, 6) is 0. The van der Waals surface area contributed by atoms with Gasteiger partial charge in [0.1, 0.15) is 11.7 Å². The fraction of sp³-hybridized carbons (Fsp3) is 0. The van der Waals surface area contributed by atoms with E-state index < -0.39 is 0 Å². The molecule has 11 heavy (non-hydrogen) atoms. The molecule has 0 N–H and O–H groups in total. The summed E-state index contributed by atoms with van der Waals surface area (Å²) < 4.78 is 13.5. The largest absolute Gasteiger partial charge is 0.139 e. The van der Waals surface area contributed by atoms with E-state index in [-0.39, 0.29) is 0 Å². The van der Waals surface area contributed by atoms with Gasteiger partial charge in [-0.2, -0.15) is 0 Å². The first-order valence-corrected chi connectivity index (χ1v) is 3.79. The summed E-state index contributed by atoms with van der Waals surface area (Å²) in [4.78, 5) is 0.306. The standard InChI is InChI=1S/C7H3BrFN2/c8-6-2-1-3-7-5(6)4-10-11(7)9/h1-3H. The molecule has 0 fully saturated rings. The van der Waals surface area contributed by atoms with Crippen LogP contribution >= 0.6 is 15.9 Å². The van der Waals surface area contributed by atoms with Crippen molar-refractivity contribution in [3.63, 3.8) is 0 Å². The second-order valence-corrected chi connectivity index (χ2v) is 2.96. The average Bonchev–Trinajstić information content (AvgIpc) is 2.35. The Labute approximate surface area is 70.7 Å². The van der Waals surface area contributed by atoms with Crippen LogP contribution in [0.1, 0.15) is 0 Å². The quantitative estimate of drug-likeness (QED) is 0.657. The second-order valence-electron chi connectivity index (χ2n) is 2.11. The first-order chi connectivity index (χ1) is 5.29. The average molecular weight is 214 g/mol. The summed E-state index contributed by atoms with van der Waals surface area (Å²) in [6, 6.07) is 5.21. The van der Waals surface area contributed by atoms with Crippen molar-refractivity contribution in [2.24, 2.45) is 0 Å². The van der Waals surface area contributed by atoms with Crippen LogP contribution in [0.15, 0.2) is 22.7 Å². The molecular weight excluding hydrogens is 211 g/mol. The minimum atomic E-state index is 0.306. The van der Waals surface area contributed by atoms with Gasteiger partial charge in [-0.05, 0) is 12.1 Å². The molecule has 0 saturated carbocycles. The van der Waals surface area contributed by atoms with Gasteiger partial charge in [0.2, 0.25) is 0 Å². The topological polar surface area (TPSA) is 17.8 Å². The van der Waals surface area contributed by atoms with Gasteiger partial charge < -0.3 is 0 Å². The van der Waals surface area contributed by atoms with E-state index in [1.54, 1.807) is 12.1 Å². The molecule has 2 nitrogen and oxygen atoms in total. The smallest absolute Gasteiger partial charge is 0.125 e. The molecule has 0 saturated heterocycles. The summed E-state index contributed by atoms with van der Waals surface area (Å²) in [6.07, 6.45) is 2.55. The van der Waals surface area contributed by atoms with E-state index in [0.29, 0.717) is 15.8 Å². The zero-order valence-corrected chi connectivity index (χ0v) is 6.97.